The van der Waals surface area contributed by atoms with Crippen molar-refractivity contribution in [1.82, 2.24) is 10.3 Å². The average molecular weight is 227 g/mol. The fraction of sp³-hybridized carbons (Fsp3) is 1.00. The van der Waals surface area contributed by atoms with Crippen LogP contribution in [0.3, 0.4) is 0 Å². The van der Waals surface area contributed by atoms with Gasteiger partial charge >= 0.3 is 0 Å². The van der Waals surface area contributed by atoms with Crippen LogP contribution < -0.4 is 11.3 Å². The van der Waals surface area contributed by atoms with E-state index in [1.54, 1.807) is 0 Å². The Labute approximate surface area is 101 Å². The van der Waals surface area contributed by atoms with Gasteiger partial charge in [0.2, 0.25) is 0 Å². The first kappa shape index (κ1) is 13.9. The van der Waals surface area contributed by atoms with Crippen LogP contribution in [0.5, 0.6) is 0 Å². The van der Waals surface area contributed by atoms with Crippen LogP contribution in [0, 0.1) is 5.92 Å². The standard InChI is InChI=1S/C13H29N3/c1-11(2)12(15-14)13(3,4)16-9-7-5-6-8-10-16/h11-12,15H,5-10,14H2,1-4H3. The molecule has 1 saturated heterocycles. The zero-order chi connectivity index (χ0) is 12.2. The second kappa shape index (κ2) is 5.99. The van der Waals surface area contributed by atoms with Gasteiger partial charge in [-0.05, 0) is 45.7 Å². The molecule has 0 radical (unpaired) electrons. The minimum Gasteiger partial charge on any atom is -0.297 e. The largest absolute Gasteiger partial charge is 0.297 e. The van der Waals surface area contributed by atoms with Gasteiger partial charge < -0.3 is 0 Å². The third kappa shape index (κ3) is 3.19. The molecule has 0 amide bonds. The molecule has 1 aliphatic rings. The molecule has 3 heteroatoms. The molecule has 96 valence electrons. The molecule has 1 unspecified atom stereocenters. The molecule has 0 spiro atoms. The van der Waals surface area contributed by atoms with Gasteiger partial charge in [-0.3, -0.25) is 16.2 Å². The van der Waals surface area contributed by atoms with Crippen LogP contribution in [-0.2, 0) is 0 Å². The molecule has 1 heterocycles. The van der Waals surface area contributed by atoms with Gasteiger partial charge in [0.25, 0.3) is 0 Å². The number of hydrogen-bond donors (Lipinski definition) is 2. The van der Waals surface area contributed by atoms with E-state index >= 15 is 0 Å². The van der Waals surface area contributed by atoms with E-state index in [1.807, 2.05) is 0 Å². The lowest BCUT2D eigenvalue weighted by Crippen LogP contribution is -2.61. The lowest BCUT2D eigenvalue weighted by atomic mass is 9.85. The minimum absolute atomic E-state index is 0.146. The second-order valence-electron chi connectivity index (χ2n) is 5.94. The predicted molar refractivity (Wildman–Crippen MR) is 70.1 cm³/mol. The van der Waals surface area contributed by atoms with Gasteiger partial charge in [-0.1, -0.05) is 26.7 Å². The summed E-state index contributed by atoms with van der Waals surface area (Å²) < 4.78 is 0. The van der Waals surface area contributed by atoms with E-state index in [-0.39, 0.29) is 5.54 Å². The Morgan fingerprint density at radius 2 is 1.56 bits per heavy atom. The van der Waals surface area contributed by atoms with E-state index in [4.69, 9.17) is 5.84 Å². The fourth-order valence-electron chi connectivity index (χ4n) is 3.06. The molecular weight excluding hydrogens is 198 g/mol. The Morgan fingerprint density at radius 3 is 1.94 bits per heavy atom. The molecule has 0 aromatic carbocycles. The highest BCUT2D eigenvalue weighted by Gasteiger charge is 2.36. The molecule has 1 fully saturated rings. The van der Waals surface area contributed by atoms with Crippen LogP contribution in [0.15, 0.2) is 0 Å². The van der Waals surface area contributed by atoms with E-state index in [0.717, 1.165) is 0 Å². The van der Waals surface area contributed by atoms with Gasteiger partial charge in [-0.2, -0.15) is 0 Å². The summed E-state index contributed by atoms with van der Waals surface area (Å²) in [5.41, 5.74) is 3.16. The van der Waals surface area contributed by atoms with Crippen molar-refractivity contribution in [2.45, 2.75) is 65.0 Å². The van der Waals surface area contributed by atoms with Gasteiger partial charge in [0, 0.05) is 11.6 Å². The number of likely N-dealkylation sites (tertiary alicyclic amines) is 1. The maximum absolute atomic E-state index is 5.73. The Bertz CT molecular complexity index is 193. The van der Waals surface area contributed by atoms with Gasteiger partial charge in [0.1, 0.15) is 0 Å². The first-order valence-corrected chi connectivity index (χ1v) is 6.71. The van der Waals surface area contributed by atoms with E-state index in [2.05, 4.69) is 38.0 Å². The number of nitrogens with two attached hydrogens (primary N) is 1. The minimum atomic E-state index is 0.146. The van der Waals surface area contributed by atoms with Crippen molar-refractivity contribution in [3.63, 3.8) is 0 Å². The first-order valence-electron chi connectivity index (χ1n) is 6.71. The van der Waals surface area contributed by atoms with Crippen LogP contribution in [0.25, 0.3) is 0 Å². The second-order valence-corrected chi connectivity index (χ2v) is 5.94. The fourth-order valence-corrected chi connectivity index (χ4v) is 3.06. The zero-order valence-electron chi connectivity index (χ0n) is 11.4. The summed E-state index contributed by atoms with van der Waals surface area (Å²) in [6, 6.07) is 0.352. The molecule has 0 bridgehead atoms. The first-order chi connectivity index (χ1) is 7.50. The highest BCUT2D eigenvalue weighted by molar-refractivity contribution is 4.94. The Hall–Kier alpha value is -0.120. The summed E-state index contributed by atoms with van der Waals surface area (Å²) >= 11 is 0. The normalized spacial score (nSPS) is 22.1. The van der Waals surface area contributed by atoms with E-state index in [0.29, 0.717) is 12.0 Å². The third-order valence-corrected chi connectivity index (χ3v) is 4.03. The van der Waals surface area contributed by atoms with Crippen molar-refractivity contribution in [2.24, 2.45) is 11.8 Å². The van der Waals surface area contributed by atoms with E-state index in [1.165, 1.54) is 38.8 Å². The topological polar surface area (TPSA) is 41.3 Å². The van der Waals surface area contributed by atoms with E-state index in [9.17, 15) is 0 Å². The van der Waals surface area contributed by atoms with Crippen molar-refractivity contribution < 1.29 is 0 Å². The molecule has 0 aromatic heterocycles. The Balaban J connectivity index is 2.72. The smallest absolute Gasteiger partial charge is 0.0412 e. The molecule has 1 rings (SSSR count). The number of rotatable bonds is 4. The monoisotopic (exact) mass is 227 g/mol. The lowest BCUT2D eigenvalue weighted by Gasteiger charge is -2.45. The number of hydrogen-bond acceptors (Lipinski definition) is 3. The summed E-state index contributed by atoms with van der Waals surface area (Å²) in [6.45, 7) is 11.6. The number of nitrogens with zero attached hydrogens (tertiary/aromatic N) is 1. The summed E-state index contributed by atoms with van der Waals surface area (Å²) in [6.07, 6.45) is 5.43. The van der Waals surface area contributed by atoms with Crippen molar-refractivity contribution in [3.05, 3.63) is 0 Å². The molecule has 0 aromatic rings. The van der Waals surface area contributed by atoms with Gasteiger partial charge in [0.05, 0.1) is 0 Å². The van der Waals surface area contributed by atoms with Gasteiger partial charge in [0.15, 0.2) is 0 Å². The molecule has 0 aliphatic carbocycles. The SMILES string of the molecule is CC(C)C(NN)C(C)(C)N1CCCCCC1. The highest BCUT2D eigenvalue weighted by Crippen LogP contribution is 2.26. The van der Waals surface area contributed by atoms with Crippen molar-refractivity contribution in [3.8, 4) is 0 Å². The van der Waals surface area contributed by atoms with Crippen LogP contribution in [-0.4, -0.2) is 29.6 Å². The Kier molecular flexibility index (Phi) is 5.22. The average Bonchev–Trinajstić information content (AvgIpc) is 2.45. The summed E-state index contributed by atoms with van der Waals surface area (Å²) in [4.78, 5) is 2.62. The van der Waals surface area contributed by atoms with Crippen LogP contribution in [0.1, 0.15) is 53.4 Å². The van der Waals surface area contributed by atoms with Crippen molar-refractivity contribution >= 4 is 0 Å². The van der Waals surface area contributed by atoms with E-state index < -0.39 is 0 Å². The maximum Gasteiger partial charge on any atom is 0.0412 e. The van der Waals surface area contributed by atoms with Crippen molar-refractivity contribution in [1.29, 1.82) is 0 Å². The summed E-state index contributed by atoms with van der Waals surface area (Å²) in [5, 5.41) is 0. The van der Waals surface area contributed by atoms with Crippen LogP contribution in [0.2, 0.25) is 0 Å². The van der Waals surface area contributed by atoms with Crippen molar-refractivity contribution in [2.75, 3.05) is 13.1 Å². The summed E-state index contributed by atoms with van der Waals surface area (Å²) in [7, 11) is 0. The molecule has 1 atom stereocenters. The lowest BCUT2D eigenvalue weighted by molar-refractivity contribution is 0.0652. The van der Waals surface area contributed by atoms with Gasteiger partial charge in [-0.15, -0.1) is 0 Å². The maximum atomic E-state index is 5.73. The highest BCUT2D eigenvalue weighted by atomic mass is 15.3. The number of nitrogens with one attached hydrogen (secondary N) is 1. The molecular formula is C13H29N3. The molecule has 16 heavy (non-hydrogen) atoms. The summed E-state index contributed by atoms with van der Waals surface area (Å²) in [5.74, 6) is 6.29. The predicted octanol–water partition coefficient (Wildman–Crippen LogP) is 2.13. The van der Waals surface area contributed by atoms with Gasteiger partial charge in [-0.25, -0.2) is 0 Å². The van der Waals surface area contributed by atoms with Crippen LogP contribution in [0.4, 0.5) is 0 Å². The quantitative estimate of drug-likeness (QED) is 0.571. The Morgan fingerprint density at radius 1 is 1.06 bits per heavy atom. The zero-order valence-corrected chi connectivity index (χ0v) is 11.4. The molecule has 1 aliphatic heterocycles. The number of hydrazine groups is 1. The molecule has 3 nitrogen and oxygen atoms in total. The molecule has 3 N–H and O–H groups in total. The third-order valence-electron chi connectivity index (χ3n) is 4.03. The molecule has 0 saturated carbocycles. The van der Waals surface area contributed by atoms with Crippen LogP contribution >= 0.6 is 0 Å².